The van der Waals surface area contributed by atoms with Crippen molar-refractivity contribution in [2.24, 2.45) is 0 Å². The molecule has 2 fully saturated rings. The van der Waals surface area contributed by atoms with Crippen molar-refractivity contribution in [2.75, 3.05) is 13.1 Å². The van der Waals surface area contributed by atoms with E-state index in [9.17, 15) is 9.59 Å². The van der Waals surface area contributed by atoms with Gasteiger partial charge in [-0.2, -0.15) is 0 Å². The third-order valence-electron chi connectivity index (χ3n) is 4.74. The Kier molecular flexibility index (Phi) is 3.33. The van der Waals surface area contributed by atoms with Crippen LogP contribution < -0.4 is 0 Å². The second-order valence-electron chi connectivity index (χ2n) is 6.55. The van der Waals surface area contributed by atoms with Gasteiger partial charge < -0.3 is 9.80 Å². The Morgan fingerprint density at radius 3 is 2.75 bits per heavy atom. The number of rotatable bonds is 4. The maximum absolute atomic E-state index is 12.4. The Bertz CT molecular complexity index is 783. The number of carbonyl (C=O) groups is 2. The number of hydrogen-bond donors (Lipinski definition) is 0. The lowest BCUT2D eigenvalue weighted by atomic mass is 10.2. The van der Waals surface area contributed by atoms with Crippen LogP contribution in [0.5, 0.6) is 0 Å². The molecule has 8 nitrogen and oxygen atoms in total. The Labute approximate surface area is 139 Å². The van der Waals surface area contributed by atoms with Crippen LogP contribution in [0.2, 0.25) is 0 Å². The second-order valence-corrected chi connectivity index (χ2v) is 6.55. The molecule has 0 bridgehead atoms. The maximum Gasteiger partial charge on any atom is 0.312 e. The molecule has 1 saturated heterocycles. The lowest BCUT2D eigenvalue weighted by Gasteiger charge is -2.37. The van der Waals surface area contributed by atoms with E-state index in [1.54, 1.807) is 33.1 Å². The Balaban J connectivity index is 1.46. The molecule has 1 saturated carbocycles. The average molecular weight is 326 g/mol. The van der Waals surface area contributed by atoms with Crippen molar-refractivity contribution in [3.05, 3.63) is 36.4 Å². The highest BCUT2D eigenvalue weighted by Crippen LogP contribution is 2.41. The van der Waals surface area contributed by atoms with Crippen LogP contribution in [0.25, 0.3) is 5.69 Å². The van der Waals surface area contributed by atoms with Gasteiger partial charge in [0.1, 0.15) is 5.69 Å². The van der Waals surface area contributed by atoms with Gasteiger partial charge in [0, 0.05) is 24.8 Å². The summed E-state index contributed by atoms with van der Waals surface area (Å²) >= 11 is 0. The zero-order valence-corrected chi connectivity index (χ0v) is 13.4. The molecule has 0 radical (unpaired) electrons. The fourth-order valence-corrected chi connectivity index (χ4v) is 2.97. The minimum absolute atomic E-state index is 0.109. The molecule has 0 spiro atoms. The monoisotopic (exact) mass is 326 g/mol. The van der Waals surface area contributed by atoms with E-state index >= 15 is 0 Å². The molecule has 0 atom stereocenters. The van der Waals surface area contributed by atoms with Gasteiger partial charge in [0.2, 0.25) is 0 Å². The van der Waals surface area contributed by atoms with E-state index in [-0.39, 0.29) is 12.1 Å². The molecule has 24 heavy (non-hydrogen) atoms. The molecule has 0 aromatic carbocycles. The number of aromatic nitrogens is 4. The van der Waals surface area contributed by atoms with Crippen LogP contribution >= 0.6 is 0 Å². The summed E-state index contributed by atoms with van der Waals surface area (Å²) in [5, 5.41) is 8.15. The van der Waals surface area contributed by atoms with E-state index in [1.807, 2.05) is 19.1 Å². The van der Waals surface area contributed by atoms with Crippen molar-refractivity contribution >= 4 is 11.8 Å². The molecule has 4 rings (SSSR count). The standard InChI is InChI=1S/C16H18N6O2/c1-16(4-5-16)21-8-7-20(14(23)15(21)24)10-12-11-22(19-18-12)13-3-2-6-17-9-13/h2-3,6,9,11H,4-5,7-8,10H2,1H3. The molecular formula is C16H18N6O2. The zero-order chi connectivity index (χ0) is 16.7. The molecule has 2 amide bonds. The van der Waals surface area contributed by atoms with Crippen LogP contribution in [0, 0.1) is 0 Å². The van der Waals surface area contributed by atoms with Crippen LogP contribution in [0.1, 0.15) is 25.5 Å². The first-order chi connectivity index (χ1) is 11.6. The van der Waals surface area contributed by atoms with Crippen molar-refractivity contribution in [3.63, 3.8) is 0 Å². The van der Waals surface area contributed by atoms with E-state index in [0.717, 1.165) is 18.5 Å². The fourth-order valence-electron chi connectivity index (χ4n) is 2.97. The normalized spacial score (nSPS) is 19.7. The Hall–Kier alpha value is -2.77. The summed E-state index contributed by atoms with van der Waals surface area (Å²) in [5.74, 6) is -0.855. The van der Waals surface area contributed by atoms with E-state index in [1.165, 1.54) is 0 Å². The SMILES string of the molecule is CC1(N2CCN(Cc3cn(-c4cccnc4)nn3)C(=O)C2=O)CC1. The molecule has 1 aliphatic heterocycles. The summed E-state index contributed by atoms with van der Waals surface area (Å²) in [5.41, 5.74) is 1.33. The summed E-state index contributed by atoms with van der Waals surface area (Å²) in [7, 11) is 0. The highest BCUT2D eigenvalue weighted by atomic mass is 16.2. The lowest BCUT2D eigenvalue weighted by molar-refractivity contribution is -0.158. The van der Waals surface area contributed by atoms with Gasteiger partial charge in [-0.05, 0) is 31.9 Å². The molecule has 8 heteroatoms. The topological polar surface area (TPSA) is 84.2 Å². The lowest BCUT2D eigenvalue weighted by Crippen LogP contribution is -2.57. The van der Waals surface area contributed by atoms with Crippen LogP contribution in [0.3, 0.4) is 0 Å². The number of piperazine rings is 1. The van der Waals surface area contributed by atoms with Gasteiger partial charge in [0.15, 0.2) is 0 Å². The van der Waals surface area contributed by atoms with Crippen LogP contribution in [-0.4, -0.2) is 60.2 Å². The van der Waals surface area contributed by atoms with Gasteiger partial charge >= 0.3 is 11.8 Å². The van der Waals surface area contributed by atoms with E-state index in [0.29, 0.717) is 18.8 Å². The van der Waals surface area contributed by atoms with Gasteiger partial charge in [-0.1, -0.05) is 5.21 Å². The van der Waals surface area contributed by atoms with Crippen molar-refractivity contribution < 1.29 is 9.59 Å². The highest BCUT2D eigenvalue weighted by Gasteiger charge is 2.49. The molecule has 2 aromatic heterocycles. The van der Waals surface area contributed by atoms with E-state index < -0.39 is 11.8 Å². The van der Waals surface area contributed by atoms with E-state index in [2.05, 4.69) is 15.3 Å². The number of carbonyl (C=O) groups excluding carboxylic acids is 2. The summed E-state index contributed by atoms with van der Waals surface area (Å²) in [6.07, 6.45) is 7.08. The number of nitrogens with zero attached hydrogens (tertiary/aromatic N) is 6. The molecule has 2 aromatic rings. The van der Waals surface area contributed by atoms with Crippen molar-refractivity contribution in [1.29, 1.82) is 0 Å². The number of pyridine rings is 1. The minimum atomic E-state index is -0.453. The van der Waals surface area contributed by atoms with Crippen molar-refractivity contribution in [1.82, 2.24) is 29.8 Å². The fraction of sp³-hybridized carbons (Fsp3) is 0.438. The predicted octanol–water partition coefficient (Wildman–Crippen LogP) is 0.386. The van der Waals surface area contributed by atoms with Gasteiger partial charge in [0.05, 0.1) is 24.6 Å². The first-order valence-corrected chi connectivity index (χ1v) is 7.99. The van der Waals surface area contributed by atoms with Crippen LogP contribution in [-0.2, 0) is 16.1 Å². The Morgan fingerprint density at radius 1 is 1.21 bits per heavy atom. The summed E-state index contributed by atoms with van der Waals surface area (Å²) in [6.45, 7) is 3.43. The molecule has 2 aliphatic rings. The number of hydrogen-bond acceptors (Lipinski definition) is 5. The molecule has 0 unspecified atom stereocenters. The predicted molar refractivity (Wildman–Crippen MR) is 83.9 cm³/mol. The minimum Gasteiger partial charge on any atom is -0.327 e. The first-order valence-electron chi connectivity index (χ1n) is 7.99. The molecular weight excluding hydrogens is 308 g/mol. The van der Waals surface area contributed by atoms with Crippen molar-refractivity contribution in [3.8, 4) is 5.69 Å². The van der Waals surface area contributed by atoms with Gasteiger partial charge in [-0.15, -0.1) is 5.10 Å². The molecule has 0 N–H and O–H groups in total. The maximum atomic E-state index is 12.4. The summed E-state index contributed by atoms with van der Waals surface area (Å²) in [6, 6.07) is 3.69. The summed E-state index contributed by atoms with van der Waals surface area (Å²) in [4.78, 5) is 32.0. The largest absolute Gasteiger partial charge is 0.327 e. The molecule has 3 heterocycles. The summed E-state index contributed by atoms with van der Waals surface area (Å²) < 4.78 is 1.61. The first kappa shape index (κ1) is 14.8. The van der Waals surface area contributed by atoms with Gasteiger partial charge in [0.25, 0.3) is 0 Å². The second kappa shape index (κ2) is 5.40. The van der Waals surface area contributed by atoms with Crippen LogP contribution in [0.4, 0.5) is 0 Å². The smallest absolute Gasteiger partial charge is 0.312 e. The Morgan fingerprint density at radius 2 is 2.04 bits per heavy atom. The molecule has 124 valence electrons. The van der Waals surface area contributed by atoms with Gasteiger partial charge in [-0.25, -0.2) is 4.68 Å². The zero-order valence-electron chi connectivity index (χ0n) is 13.4. The average Bonchev–Trinajstić information content (AvgIpc) is 3.17. The van der Waals surface area contributed by atoms with Crippen LogP contribution in [0.15, 0.2) is 30.7 Å². The van der Waals surface area contributed by atoms with E-state index in [4.69, 9.17) is 0 Å². The van der Waals surface area contributed by atoms with Crippen molar-refractivity contribution in [2.45, 2.75) is 31.8 Å². The third kappa shape index (κ3) is 2.53. The molecule has 1 aliphatic carbocycles. The number of amides is 2. The quantitative estimate of drug-likeness (QED) is 0.759. The third-order valence-corrected chi connectivity index (χ3v) is 4.74. The van der Waals surface area contributed by atoms with Gasteiger partial charge in [-0.3, -0.25) is 14.6 Å². The highest BCUT2D eigenvalue weighted by molar-refractivity contribution is 6.35.